The molecular weight excluding hydrogens is 290 g/mol. The summed E-state index contributed by atoms with van der Waals surface area (Å²) in [7, 11) is -3.41. The molecule has 1 unspecified atom stereocenters. The molecule has 7 heteroatoms. The van der Waals surface area contributed by atoms with E-state index < -0.39 is 16.1 Å². The number of benzene rings is 1. The van der Waals surface area contributed by atoms with Gasteiger partial charge in [-0.1, -0.05) is 12.5 Å². The minimum absolute atomic E-state index is 0.352. The van der Waals surface area contributed by atoms with Crippen LogP contribution in [0.1, 0.15) is 24.8 Å². The smallest absolute Gasteiger partial charge is 0.242 e. The second-order valence-electron chi connectivity index (χ2n) is 5.07. The summed E-state index contributed by atoms with van der Waals surface area (Å²) in [6.07, 6.45) is 3.22. The number of anilines is 1. The second-order valence-corrected chi connectivity index (χ2v) is 7.00. The number of piperidine rings is 1. The van der Waals surface area contributed by atoms with Gasteiger partial charge in [0.15, 0.2) is 0 Å². The molecule has 0 aliphatic carbocycles. The molecule has 1 fully saturated rings. The molecule has 112 valence electrons. The molecule has 1 aromatic carbocycles. The Bertz CT molecular complexity index is 679. The number of carbonyl (C=O) groups is 1. The Hall–Kier alpha value is -1.91. The van der Waals surface area contributed by atoms with Gasteiger partial charge in [-0.15, -0.1) is 0 Å². The SMILES string of the molecule is CS(=O)(=O)N1CCCCC1C(=O)Nc1cccc(C#N)c1. The summed E-state index contributed by atoms with van der Waals surface area (Å²) in [5, 5.41) is 11.5. The first kappa shape index (κ1) is 15.5. The van der Waals surface area contributed by atoms with Gasteiger partial charge in [0.05, 0.1) is 17.9 Å². The number of nitrogens with zero attached hydrogens (tertiary/aromatic N) is 2. The van der Waals surface area contributed by atoms with Crippen molar-refractivity contribution in [2.45, 2.75) is 25.3 Å². The molecule has 1 atom stereocenters. The van der Waals surface area contributed by atoms with E-state index in [0.29, 0.717) is 24.2 Å². The van der Waals surface area contributed by atoms with Gasteiger partial charge in [0.25, 0.3) is 0 Å². The highest BCUT2D eigenvalue weighted by Crippen LogP contribution is 2.21. The normalized spacial score (nSPS) is 19.7. The number of hydrogen-bond acceptors (Lipinski definition) is 4. The molecule has 1 aromatic rings. The van der Waals surface area contributed by atoms with Gasteiger partial charge in [-0.2, -0.15) is 9.57 Å². The van der Waals surface area contributed by atoms with Crippen molar-refractivity contribution in [3.63, 3.8) is 0 Å². The van der Waals surface area contributed by atoms with Crippen molar-refractivity contribution in [2.24, 2.45) is 0 Å². The molecule has 0 radical (unpaired) electrons. The van der Waals surface area contributed by atoms with Gasteiger partial charge in [0, 0.05) is 12.2 Å². The summed E-state index contributed by atoms with van der Waals surface area (Å²) in [5.74, 6) is -0.352. The minimum Gasteiger partial charge on any atom is -0.325 e. The third kappa shape index (κ3) is 3.80. The average Bonchev–Trinajstić information content (AvgIpc) is 2.46. The highest BCUT2D eigenvalue weighted by molar-refractivity contribution is 7.88. The van der Waals surface area contributed by atoms with E-state index in [1.807, 2.05) is 6.07 Å². The molecule has 0 bridgehead atoms. The van der Waals surface area contributed by atoms with Gasteiger partial charge in [0.2, 0.25) is 15.9 Å². The lowest BCUT2D eigenvalue weighted by Crippen LogP contribution is -2.49. The van der Waals surface area contributed by atoms with Crippen molar-refractivity contribution in [3.8, 4) is 6.07 Å². The molecule has 1 amide bonds. The molecular formula is C14H17N3O3S. The maximum Gasteiger partial charge on any atom is 0.242 e. The van der Waals surface area contributed by atoms with Gasteiger partial charge in [0.1, 0.15) is 6.04 Å². The highest BCUT2D eigenvalue weighted by atomic mass is 32.2. The fourth-order valence-electron chi connectivity index (χ4n) is 2.46. The Kier molecular flexibility index (Phi) is 4.60. The van der Waals surface area contributed by atoms with Crippen LogP contribution in [-0.2, 0) is 14.8 Å². The van der Waals surface area contributed by atoms with Crippen LogP contribution < -0.4 is 5.32 Å². The minimum atomic E-state index is -3.41. The molecule has 1 aliphatic rings. The third-order valence-corrected chi connectivity index (χ3v) is 4.73. The van der Waals surface area contributed by atoms with E-state index in [4.69, 9.17) is 5.26 Å². The Morgan fingerprint density at radius 2 is 2.19 bits per heavy atom. The maximum atomic E-state index is 12.3. The van der Waals surface area contributed by atoms with Crippen LogP contribution in [0.15, 0.2) is 24.3 Å². The molecule has 1 aliphatic heterocycles. The molecule has 1 heterocycles. The van der Waals surface area contributed by atoms with Crippen molar-refractivity contribution in [1.29, 1.82) is 5.26 Å². The van der Waals surface area contributed by atoms with E-state index in [1.165, 1.54) is 4.31 Å². The highest BCUT2D eigenvalue weighted by Gasteiger charge is 2.34. The predicted molar refractivity (Wildman–Crippen MR) is 79.0 cm³/mol. The van der Waals surface area contributed by atoms with Gasteiger partial charge in [-0.3, -0.25) is 4.79 Å². The van der Waals surface area contributed by atoms with Crippen LogP contribution in [0.4, 0.5) is 5.69 Å². The zero-order valence-corrected chi connectivity index (χ0v) is 12.6. The summed E-state index contributed by atoms with van der Waals surface area (Å²) in [5.41, 5.74) is 0.939. The molecule has 21 heavy (non-hydrogen) atoms. The van der Waals surface area contributed by atoms with Gasteiger partial charge in [-0.25, -0.2) is 8.42 Å². The largest absolute Gasteiger partial charge is 0.325 e. The number of sulfonamides is 1. The number of hydrogen-bond donors (Lipinski definition) is 1. The Balaban J connectivity index is 2.16. The average molecular weight is 307 g/mol. The van der Waals surface area contributed by atoms with Crippen LogP contribution >= 0.6 is 0 Å². The lowest BCUT2D eigenvalue weighted by atomic mass is 10.0. The van der Waals surface area contributed by atoms with Gasteiger partial charge >= 0.3 is 0 Å². The first-order valence-corrected chi connectivity index (χ1v) is 8.54. The predicted octanol–water partition coefficient (Wildman–Crippen LogP) is 1.31. The zero-order valence-electron chi connectivity index (χ0n) is 11.7. The monoisotopic (exact) mass is 307 g/mol. The van der Waals surface area contributed by atoms with Crippen molar-refractivity contribution < 1.29 is 13.2 Å². The van der Waals surface area contributed by atoms with E-state index in [9.17, 15) is 13.2 Å². The lowest BCUT2D eigenvalue weighted by Gasteiger charge is -2.32. The number of nitriles is 1. The first-order chi connectivity index (χ1) is 9.91. The Morgan fingerprint density at radius 1 is 1.43 bits per heavy atom. The Morgan fingerprint density at radius 3 is 2.86 bits per heavy atom. The van der Waals surface area contributed by atoms with E-state index in [0.717, 1.165) is 19.1 Å². The van der Waals surface area contributed by atoms with Crippen LogP contribution in [0.25, 0.3) is 0 Å². The van der Waals surface area contributed by atoms with Crippen molar-refractivity contribution in [3.05, 3.63) is 29.8 Å². The summed E-state index contributed by atoms with van der Waals surface area (Å²) < 4.78 is 24.8. The first-order valence-electron chi connectivity index (χ1n) is 6.69. The van der Waals surface area contributed by atoms with Crippen LogP contribution in [-0.4, -0.2) is 37.5 Å². The van der Waals surface area contributed by atoms with Crippen LogP contribution in [0.3, 0.4) is 0 Å². The standard InChI is InChI=1S/C14H17N3O3S/c1-21(19,20)17-8-3-2-7-13(17)14(18)16-12-6-4-5-11(9-12)10-15/h4-6,9,13H,2-3,7-8H2,1H3,(H,16,18). The summed E-state index contributed by atoms with van der Waals surface area (Å²) in [4.78, 5) is 12.3. The number of nitrogens with one attached hydrogen (secondary N) is 1. The topological polar surface area (TPSA) is 90.3 Å². The van der Waals surface area contributed by atoms with Crippen LogP contribution in [0.2, 0.25) is 0 Å². The fourth-order valence-corrected chi connectivity index (χ4v) is 3.58. The van der Waals surface area contributed by atoms with E-state index in [2.05, 4.69) is 5.32 Å². The van der Waals surface area contributed by atoms with Crippen LogP contribution in [0, 0.1) is 11.3 Å². The summed E-state index contributed by atoms with van der Waals surface area (Å²) >= 11 is 0. The van der Waals surface area contributed by atoms with Crippen molar-refractivity contribution >= 4 is 21.6 Å². The lowest BCUT2D eigenvalue weighted by molar-refractivity contribution is -0.120. The molecule has 1 saturated heterocycles. The molecule has 0 saturated carbocycles. The van der Waals surface area contributed by atoms with Gasteiger partial charge in [-0.05, 0) is 31.0 Å². The number of carbonyl (C=O) groups excluding carboxylic acids is 1. The van der Waals surface area contributed by atoms with Crippen molar-refractivity contribution in [2.75, 3.05) is 18.1 Å². The Labute approximate surface area is 124 Å². The summed E-state index contributed by atoms with van der Waals surface area (Å²) in [6, 6.07) is 7.86. The van der Waals surface area contributed by atoms with Gasteiger partial charge < -0.3 is 5.32 Å². The van der Waals surface area contributed by atoms with Crippen molar-refractivity contribution in [1.82, 2.24) is 4.31 Å². The number of amides is 1. The second kappa shape index (κ2) is 6.24. The van der Waals surface area contributed by atoms with E-state index >= 15 is 0 Å². The van der Waals surface area contributed by atoms with Crippen LogP contribution in [0.5, 0.6) is 0 Å². The zero-order chi connectivity index (χ0) is 15.5. The fraction of sp³-hybridized carbons (Fsp3) is 0.429. The molecule has 0 aromatic heterocycles. The number of rotatable bonds is 3. The molecule has 1 N–H and O–H groups in total. The molecule has 2 rings (SSSR count). The summed E-state index contributed by atoms with van der Waals surface area (Å²) in [6.45, 7) is 0.370. The van der Waals surface area contributed by atoms with E-state index in [1.54, 1.807) is 24.3 Å². The maximum absolute atomic E-state index is 12.3. The quantitative estimate of drug-likeness (QED) is 0.911. The molecule has 0 spiro atoms. The molecule has 6 nitrogen and oxygen atoms in total. The van der Waals surface area contributed by atoms with E-state index in [-0.39, 0.29) is 5.91 Å². The third-order valence-electron chi connectivity index (χ3n) is 3.44.